The number of halogens is 1. The van der Waals surface area contributed by atoms with Crippen molar-refractivity contribution in [2.75, 3.05) is 7.11 Å². The molecule has 0 aromatic carbocycles. The van der Waals surface area contributed by atoms with Gasteiger partial charge in [0.1, 0.15) is 5.82 Å². The van der Waals surface area contributed by atoms with Crippen LogP contribution in [-0.4, -0.2) is 32.6 Å². The van der Waals surface area contributed by atoms with E-state index in [1.54, 1.807) is 0 Å². The highest BCUT2D eigenvalue weighted by Gasteiger charge is 2.43. The molecular weight excluding hydrogens is 281 g/mol. The molecule has 2 aliphatic rings. The number of carbonyl (C=O) groups is 1. The Balaban J connectivity index is 1.86. The maximum absolute atomic E-state index is 13.3. The highest BCUT2D eigenvalue weighted by Crippen LogP contribution is 2.40. The quantitative estimate of drug-likeness (QED) is 0.802. The molecule has 0 aliphatic carbocycles. The number of fused-ring (bicyclic) bond motifs is 2. The highest BCUT2D eigenvalue weighted by atomic mass is 32.2. The van der Waals surface area contributed by atoms with E-state index in [4.69, 9.17) is 4.74 Å². The van der Waals surface area contributed by atoms with Gasteiger partial charge in [-0.25, -0.2) is 9.37 Å². The van der Waals surface area contributed by atoms with E-state index < -0.39 is 16.6 Å². The molecule has 2 atom stereocenters. The van der Waals surface area contributed by atoms with Gasteiger partial charge in [0.2, 0.25) is 5.88 Å². The molecule has 0 N–H and O–H groups in total. The topological polar surface area (TPSA) is 56.3 Å². The first-order chi connectivity index (χ1) is 9.60. The first-order valence-electron chi connectivity index (χ1n) is 6.73. The molecule has 1 aromatic rings. The van der Waals surface area contributed by atoms with Crippen LogP contribution in [0, 0.1) is 11.7 Å². The number of hydrogen-bond acceptors (Lipinski definition) is 4. The zero-order chi connectivity index (χ0) is 14.3. The molecule has 0 saturated carbocycles. The van der Waals surface area contributed by atoms with Crippen LogP contribution in [0.3, 0.4) is 0 Å². The molecule has 2 fully saturated rings. The van der Waals surface area contributed by atoms with Gasteiger partial charge in [0.05, 0.1) is 18.9 Å². The van der Waals surface area contributed by atoms with E-state index in [1.165, 1.54) is 13.2 Å². The van der Waals surface area contributed by atoms with E-state index in [9.17, 15) is 13.4 Å². The Morgan fingerprint density at radius 3 is 2.65 bits per heavy atom. The van der Waals surface area contributed by atoms with Crippen LogP contribution in [-0.2, 0) is 10.8 Å². The Kier molecular flexibility index (Phi) is 3.58. The van der Waals surface area contributed by atoms with Crippen LogP contribution in [0.1, 0.15) is 36.0 Å². The molecule has 0 radical (unpaired) electrons. The van der Waals surface area contributed by atoms with E-state index in [2.05, 4.69) is 4.98 Å². The SMILES string of the molecule is COc1ncc(F)cc1C(=O)C1CC2CCC(C1)S2=O. The lowest BCUT2D eigenvalue weighted by Crippen LogP contribution is -2.32. The molecule has 2 aliphatic heterocycles. The predicted octanol–water partition coefficient (Wildman–Crippen LogP) is 2.10. The zero-order valence-electron chi connectivity index (χ0n) is 11.2. The van der Waals surface area contributed by atoms with Gasteiger partial charge in [-0.05, 0) is 31.7 Å². The molecule has 2 bridgehead atoms. The van der Waals surface area contributed by atoms with Crippen LogP contribution in [0.15, 0.2) is 12.3 Å². The minimum Gasteiger partial charge on any atom is -0.480 e. The van der Waals surface area contributed by atoms with Gasteiger partial charge < -0.3 is 4.74 Å². The predicted molar refractivity (Wildman–Crippen MR) is 72.8 cm³/mol. The molecule has 6 heteroatoms. The van der Waals surface area contributed by atoms with Crippen molar-refractivity contribution in [2.45, 2.75) is 36.2 Å². The summed E-state index contributed by atoms with van der Waals surface area (Å²) in [5.74, 6) is -0.711. The molecule has 3 rings (SSSR count). The molecule has 2 unspecified atom stereocenters. The molecule has 4 nitrogen and oxygen atoms in total. The second-order valence-electron chi connectivity index (χ2n) is 5.39. The number of Topliss-reactive ketones (excluding diaryl/α,β-unsaturated/α-hetero) is 1. The molecule has 20 heavy (non-hydrogen) atoms. The Morgan fingerprint density at radius 2 is 2.05 bits per heavy atom. The van der Waals surface area contributed by atoms with Crippen LogP contribution in [0.5, 0.6) is 5.88 Å². The fourth-order valence-corrected chi connectivity index (χ4v) is 5.36. The third-order valence-electron chi connectivity index (χ3n) is 4.21. The number of nitrogens with zero attached hydrogens (tertiary/aromatic N) is 1. The van der Waals surface area contributed by atoms with Crippen molar-refractivity contribution in [3.63, 3.8) is 0 Å². The molecule has 1 aromatic heterocycles. The summed E-state index contributed by atoms with van der Waals surface area (Å²) in [6, 6.07) is 1.18. The third-order valence-corrected chi connectivity index (χ3v) is 6.38. The van der Waals surface area contributed by atoms with E-state index in [1.807, 2.05) is 0 Å². The van der Waals surface area contributed by atoms with Gasteiger partial charge in [0.25, 0.3) is 0 Å². The monoisotopic (exact) mass is 297 g/mol. The van der Waals surface area contributed by atoms with Gasteiger partial charge in [-0.3, -0.25) is 9.00 Å². The maximum Gasteiger partial charge on any atom is 0.224 e. The van der Waals surface area contributed by atoms with Crippen molar-refractivity contribution in [1.82, 2.24) is 4.98 Å². The normalized spacial score (nSPS) is 32.1. The van der Waals surface area contributed by atoms with E-state index in [0.717, 1.165) is 19.0 Å². The van der Waals surface area contributed by atoms with Crippen LogP contribution < -0.4 is 4.74 Å². The summed E-state index contributed by atoms with van der Waals surface area (Å²) in [5, 5.41) is 0.241. The molecule has 0 spiro atoms. The van der Waals surface area contributed by atoms with Gasteiger partial charge in [-0.15, -0.1) is 0 Å². The number of ether oxygens (including phenoxy) is 1. The van der Waals surface area contributed by atoms with Crippen molar-refractivity contribution in [1.29, 1.82) is 0 Å². The number of ketones is 1. The number of hydrogen-bond donors (Lipinski definition) is 0. The number of rotatable bonds is 3. The fourth-order valence-electron chi connectivity index (χ4n) is 3.23. The minimum atomic E-state index is -0.797. The average molecular weight is 297 g/mol. The number of pyridine rings is 1. The maximum atomic E-state index is 13.3. The van der Waals surface area contributed by atoms with Gasteiger partial charge >= 0.3 is 0 Å². The van der Waals surface area contributed by atoms with Crippen LogP contribution in [0.25, 0.3) is 0 Å². The lowest BCUT2D eigenvalue weighted by molar-refractivity contribution is 0.0901. The van der Waals surface area contributed by atoms with Gasteiger partial charge in [-0.2, -0.15) is 0 Å². The van der Waals surface area contributed by atoms with Crippen molar-refractivity contribution in [2.24, 2.45) is 5.92 Å². The summed E-state index contributed by atoms with van der Waals surface area (Å²) in [6.45, 7) is 0. The summed E-state index contributed by atoms with van der Waals surface area (Å²) in [5.41, 5.74) is 0.199. The van der Waals surface area contributed by atoms with Gasteiger partial charge in [-0.1, -0.05) is 0 Å². The Labute approximate surface area is 119 Å². The number of methoxy groups -OCH3 is 1. The van der Waals surface area contributed by atoms with Gasteiger partial charge in [0.15, 0.2) is 5.78 Å². The first-order valence-corrected chi connectivity index (χ1v) is 8.01. The number of aromatic nitrogens is 1. The molecule has 2 saturated heterocycles. The Hall–Kier alpha value is -1.30. The zero-order valence-corrected chi connectivity index (χ0v) is 12.0. The average Bonchev–Trinajstić information content (AvgIpc) is 2.68. The summed E-state index contributed by atoms with van der Waals surface area (Å²) in [7, 11) is 0.616. The van der Waals surface area contributed by atoms with E-state index in [-0.39, 0.29) is 33.6 Å². The summed E-state index contributed by atoms with van der Waals surface area (Å²) < 4.78 is 30.3. The minimum absolute atomic E-state index is 0.121. The van der Waals surface area contributed by atoms with E-state index in [0.29, 0.717) is 12.8 Å². The van der Waals surface area contributed by atoms with Crippen molar-refractivity contribution < 1.29 is 18.1 Å². The fraction of sp³-hybridized carbons (Fsp3) is 0.571. The smallest absolute Gasteiger partial charge is 0.224 e. The van der Waals surface area contributed by atoms with Crippen molar-refractivity contribution >= 4 is 16.6 Å². The third kappa shape index (κ3) is 2.26. The van der Waals surface area contributed by atoms with Crippen molar-refractivity contribution in [3.05, 3.63) is 23.6 Å². The van der Waals surface area contributed by atoms with Crippen LogP contribution in [0.4, 0.5) is 4.39 Å². The Bertz CT molecular complexity index is 562. The van der Waals surface area contributed by atoms with Crippen LogP contribution in [0.2, 0.25) is 0 Å². The summed E-state index contributed by atoms with van der Waals surface area (Å²) >= 11 is 0. The van der Waals surface area contributed by atoms with E-state index >= 15 is 0 Å². The number of carbonyl (C=O) groups excluding carboxylic acids is 1. The lowest BCUT2D eigenvalue weighted by Gasteiger charge is -2.26. The van der Waals surface area contributed by atoms with Gasteiger partial charge in [0, 0.05) is 27.2 Å². The summed E-state index contributed by atoms with van der Waals surface area (Å²) in [4.78, 5) is 16.4. The molecule has 0 amide bonds. The standard InChI is InChI=1S/C14H16FNO3S/c1-19-14-12(6-9(15)7-16-14)13(17)8-4-10-2-3-11(5-8)20(10)18/h6-8,10-11H,2-5H2,1H3. The lowest BCUT2D eigenvalue weighted by atomic mass is 9.91. The largest absolute Gasteiger partial charge is 0.480 e. The molecular formula is C14H16FNO3S. The summed E-state index contributed by atoms with van der Waals surface area (Å²) in [6.07, 6.45) is 4.15. The molecule has 108 valence electrons. The molecule has 3 heterocycles. The first kappa shape index (κ1) is 13.7. The Morgan fingerprint density at radius 1 is 1.40 bits per heavy atom. The second-order valence-corrected chi connectivity index (χ2v) is 7.38. The second kappa shape index (κ2) is 5.24. The van der Waals surface area contributed by atoms with Crippen molar-refractivity contribution in [3.8, 4) is 5.88 Å². The van der Waals surface area contributed by atoms with Crippen LogP contribution >= 0.6 is 0 Å². The highest BCUT2D eigenvalue weighted by molar-refractivity contribution is 7.86.